The highest BCUT2D eigenvalue weighted by molar-refractivity contribution is 9.14. The lowest BCUT2D eigenvalue weighted by Gasteiger charge is -2.26. The van der Waals surface area contributed by atoms with Crippen LogP contribution in [0, 0.1) is 5.92 Å². The van der Waals surface area contributed by atoms with Gasteiger partial charge in [0, 0.05) is 15.7 Å². The first-order valence-corrected chi connectivity index (χ1v) is 7.13. The number of allylic oxidation sites excluding steroid dienone is 1. The number of hydrogen-bond acceptors (Lipinski definition) is 0. The maximum Gasteiger partial charge on any atom is 0.0700 e. The van der Waals surface area contributed by atoms with Gasteiger partial charge in [-0.1, -0.05) is 52.3 Å². The van der Waals surface area contributed by atoms with E-state index in [2.05, 4.69) is 52.3 Å². The molecular weight excluding hydrogens is 351 g/mol. The molecule has 0 amide bonds. The maximum absolute atomic E-state index is 6.17. The molecule has 84 valence electrons. The molecule has 0 saturated heterocycles. The summed E-state index contributed by atoms with van der Waals surface area (Å²) < 4.78 is 0.656. The van der Waals surface area contributed by atoms with E-state index in [0.717, 1.165) is 17.3 Å². The van der Waals surface area contributed by atoms with Crippen LogP contribution in [-0.4, -0.2) is 15.6 Å². The lowest BCUT2D eigenvalue weighted by molar-refractivity contribution is 0.528. The molecule has 0 fully saturated rings. The van der Waals surface area contributed by atoms with Crippen LogP contribution < -0.4 is 0 Å². The average Bonchev–Trinajstić information content (AvgIpc) is 2.12. The Morgan fingerprint density at radius 2 is 2.00 bits per heavy atom. The van der Waals surface area contributed by atoms with Gasteiger partial charge in [0.1, 0.15) is 0 Å². The molecule has 0 aliphatic heterocycles. The summed E-state index contributed by atoms with van der Waals surface area (Å²) >= 11 is 19.0. The van der Waals surface area contributed by atoms with E-state index in [1.807, 2.05) is 0 Å². The Hall–Kier alpha value is 1.28. The SMILES string of the molecule is C=C(Br)C(Br)(CCl)CCC(Cl)C(C)C. The molecule has 4 heteroatoms. The van der Waals surface area contributed by atoms with E-state index in [9.17, 15) is 0 Å². The van der Waals surface area contributed by atoms with Gasteiger partial charge in [-0.05, 0) is 18.8 Å². The molecule has 14 heavy (non-hydrogen) atoms. The van der Waals surface area contributed by atoms with Crippen molar-refractivity contribution < 1.29 is 0 Å². The zero-order valence-corrected chi connectivity index (χ0v) is 13.2. The zero-order valence-electron chi connectivity index (χ0n) is 8.49. The van der Waals surface area contributed by atoms with Crippen molar-refractivity contribution in [1.29, 1.82) is 0 Å². The second kappa shape index (κ2) is 6.78. The van der Waals surface area contributed by atoms with Gasteiger partial charge in [0.05, 0.1) is 4.32 Å². The van der Waals surface area contributed by atoms with Crippen LogP contribution in [0.3, 0.4) is 0 Å². The first-order chi connectivity index (χ1) is 6.33. The fraction of sp³-hybridized carbons (Fsp3) is 0.800. The fourth-order valence-corrected chi connectivity index (χ4v) is 2.11. The molecule has 0 aromatic heterocycles. The van der Waals surface area contributed by atoms with Crippen molar-refractivity contribution in [3.05, 3.63) is 11.1 Å². The smallest absolute Gasteiger partial charge is 0.0700 e. The Balaban J connectivity index is 4.15. The molecule has 0 aliphatic carbocycles. The molecule has 0 rings (SSSR count). The molecule has 0 nitrogen and oxygen atoms in total. The number of rotatable bonds is 6. The molecule has 0 N–H and O–H groups in total. The van der Waals surface area contributed by atoms with E-state index in [1.165, 1.54) is 0 Å². The fourth-order valence-electron chi connectivity index (χ4n) is 0.975. The van der Waals surface area contributed by atoms with Gasteiger partial charge in [-0.25, -0.2) is 0 Å². The van der Waals surface area contributed by atoms with Gasteiger partial charge in [-0.15, -0.1) is 23.2 Å². The van der Waals surface area contributed by atoms with Crippen molar-refractivity contribution in [3.63, 3.8) is 0 Å². The van der Waals surface area contributed by atoms with Crippen molar-refractivity contribution in [2.75, 3.05) is 5.88 Å². The molecule has 0 aromatic rings. The van der Waals surface area contributed by atoms with Gasteiger partial charge in [0.15, 0.2) is 0 Å². The number of alkyl halides is 3. The molecule has 0 radical (unpaired) electrons. The largest absolute Gasteiger partial charge is 0.125 e. The quantitative estimate of drug-likeness (QED) is 0.559. The topological polar surface area (TPSA) is 0 Å². The van der Waals surface area contributed by atoms with Crippen LogP contribution in [0.2, 0.25) is 0 Å². The monoisotopic (exact) mass is 364 g/mol. The Morgan fingerprint density at radius 3 is 2.29 bits per heavy atom. The summed E-state index contributed by atoms with van der Waals surface area (Å²) in [5.41, 5.74) is 0. The van der Waals surface area contributed by atoms with Gasteiger partial charge in [0.25, 0.3) is 0 Å². The van der Waals surface area contributed by atoms with Crippen LogP contribution >= 0.6 is 55.1 Å². The highest BCUT2D eigenvalue weighted by Crippen LogP contribution is 2.37. The first kappa shape index (κ1) is 15.3. The molecule has 0 spiro atoms. The Kier molecular flexibility index (Phi) is 7.39. The van der Waals surface area contributed by atoms with Gasteiger partial charge < -0.3 is 0 Å². The van der Waals surface area contributed by atoms with Crippen LogP contribution in [0.1, 0.15) is 26.7 Å². The normalized spacial score (nSPS) is 17.9. The standard InChI is InChI=1S/C10H16Br2Cl2/c1-7(2)9(14)4-5-10(12,6-13)8(3)11/h7,9H,3-6H2,1-2H3. The minimum absolute atomic E-state index is 0.196. The zero-order chi connectivity index (χ0) is 11.4. The van der Waals surface area contributed by atoms with Crippen LogP contribution in [0.25, 0.3) is 0 Å². The summed E-state index contributed by atoms with van der Waals surface area (Å²) in [6.07, 6.45) is 1.83. The Morgan fingerprint density at radius 1 is 1.50 bits per heavy atom. The van der Waals surface area contributed by atoms with Crippen LogP contribution in [-0.2, 0) is 0 Å². The van der Waals surface area contributed by atoms with Crippen molar-refractivity contribution in [2.45, 2.75) is 36.4 Å². The maximum atomic E-state index is 6.17. The molecule has 0 aliphatic rings. The van der Waals surface area contributed by atoms with E-state index >= 15 is 0 Å². The highest BCUT2D eigenvalue weighted by atomic mass is 79.9. The number of halogens is 4. The third-order valence-electron chi connectivity index (χ3n) is 2.24. The third kappa shape index (κ3) is 4.87. The molecule has 2 atom stereocenters. The third-order valence-corrected chi connectivity index (χ3v) is 6.19. The average molecular weight is 367 g/mol. The van der Waals surface area contributed by atoms with E-state index in [4.69, 9.17) is 23.2 Å². The predicted octanol–water partition coefficient (Wildman–Crippen LogP) is 5.31. The molecule has 0 heterocycles. The van der Waals surface area contributed by atoms with Crippen molar-refractivity contribution in [2.24, 2.45) is 5.92 Å². The van der Waals surface area contributed by atoms with Crippen molar-refractivity contribution >= 4 is 55.1 Å². The minimum Gasteiger partial charge on any atom is -0.125 e. The Labute approximate surface area is 114 Å². The molecule has 0 bridgehead atoms. The van der Waals surface area contributed by atoms with Gasteiger partial charge in [-0.2, -0.15) is 0 Å². The summed E-state index contributed by atoms with van der Waals surface area (Å²) in [6.45, 7) is 8.11. The second-order valence-electron chi connectivity index (χ2n) is 3.80. The van der Waals surface area contributed by atoms with E-state index in [1.54, 1.807) is 0 Å². The summed E-state index contributed by atoms with van der Waals surface area (Å²) in [4.78, 5) is 0. The lowest BCUT2D eigenvalue weighted by atomic mass is 9.99. The summed E-state index contributed by atoms with van der Waals surface area (Å²) in [6, 6.07) is 0. The first-order valence-electron chi connectivity index (χ1n) is 4.57. The van der Waals surface area contributed by atoms with E-state index in [-0.39, 0.29) is 9.70 Å². The van der Waals surface area contributed by atoms with Gasteiger partial charge in [0.2, 0.25) is 0 Å². The summed E-state index contributed by atoms with van der Waals surface area (Å²) in [7, 11) is 0. The summed E-state index contributed by atoms with van der Waals surface area (Å²) in [5, 5.41) is 0.196. The van der Waals surface area contributed by atoms with Crippen LogP contribution in [0.4, 0.5) is 0 Å². The molecular formula is C10H16Br2Cl2. The molecule has 0 aromatic carbocycles. The van der Waals surface area contributed by atoms with Crippen LogP contribution in [0.5, 0.6) is 0 Å². The van der Waals surface area contributed by atoms with Gasteiger partial charge >= 0.3 is 0 Å². The summed E-state index contributed by atoms with van der Waals surface area (Å²) in [5.74, 6) is 0.992. The molecule has 2 unspecified atom stereocenters. The molecule has 0 saturated carbocycles. The highest BCUT2D eigenvalue weighted by Gasteiger charge is 2.28. The predicted molar refractivity (Wildman–Crippen MR) is 74.2 cm³/mol. The van der Waals surface area contributed by atoms with Crippen molar-refractivity contribution in [3.8, 4) is 0 Å². The Bertz CT molecular complexity index is 195. The van der Waals surface area contributed by atoms with Crippen molar-refractivity contribution in [1.82, 2.24) is 0 Å². The minimum atomic E-state index is -0.226. The lowest BCUT2D eigenvalue weighted by Crippen LogP contribution is -2.25. The second-order valence-corrected chi connectivity index (χ2v) is 7.11. The van der Waals surface area contributed by atoms with E-state index in [0.29, 0.717) is 11.8 Å². The number of hydrogen-bond donors (Lipinski definition) is 0. The van der Waals surface area contributed by atoms with Crippen LogP contribution in [0.15, 0.2) is 11.1 Å². The van der Waals surface area contributed by atoms with Gasteiger partial charge in [-0.3, -0.25) is 0 Å². The van der Waals surface area contributed by atoms with E-state index < -0.39 is 0 Å².